The first-order valence-electron chi connectivity index (χ1n) is 5.82. The third-order valence-corrected chi connectivity index (χ3v) is 3.61. The third kappa shape index (κ3) is 3.26. The summed E-state index contributed by atoms with van der Waals surface area (Å²) in [6.07, 6.45) is 0.766. The van der Waals surface area contributed by atoms with Crippen LogP contribution < -0.4 is 5.73 Å². The second-order valence-corrected chi connectivity index (χ2v) is 5.29. The van der Waals surface area contributed by atoms with Crippen LogP contribution in [-0.2, 0) is 6.42 Å². The maximum Gasteiger partial charge on any atom is 0.0435 e. The van der Waals surface area contributed by atoms with Gasteiger partial charge in [0.25, 0.3) is 0 Å². The lowest BCUT2D eigenvalue weighted by Crippen LogP contribution is -2.13. The highest BCUT2D eigenvalue weighted by atomic mass is 35.5. The minimum Gasteiger partial charge on any atom is -0.324 e. The Bertz CT molecular complexity index is 552. The molecular weight excluding hydrogens is 265 g/mol. The molecule has 0 amide bonds. The molecule has 2 N–H and O–H groups in total. The van der Waals surface area contributed by atoms with Crippen LogP contribution in [0, 0.1) is 6.92 Å². The zero-order valence-electron chi connectivity index (χ0n) is 10.2. The predicted octanol–water partition coefficient (Wildman–Crippen LogP) is 4.54. The summed E-state index contributed by atoms with van der Waals surface area (Å²) in [6.45, 7) is 1.98. The molecule has 0 aliphatic heterocycles. The van der Waals surface area contributed by atoms with Crippen molar-refractivity contribution in [2.75, 3.05) is 0 Å². The number of hydrogen-bond donors (Lipinski definition) is 1. The summed E-state index contributed by atoms with van der Waals surface area (Å²) in [5.41, 5.74) is 9.50. The maximum atomic E-state index is 6.21. The van der Waals surface area contributed by atoms with Crippen LogP contribution in [0.5, 0.6) is 0 Å². The molecule has 94 valence electrons. The van der Waals surface area contributed by atoms with Crippen molar-refractivity contribution < 1.29 is 0 Å². The van der Waals surface area contributed by atoms with E-state index < -0.39 is 0 Å². The SMILES string of the molecule is Cc1cc(C(N)Cc2cccc(Cl)c2)ccc1Cl. The number of hydrogen-bond acceptors (Lipinski definition) is 1. The summed E-state index contributed by atoms with van der Waals surface area (Å²) in [4.78, 5) is 0. The van der Waals surface area contributed by atoms with E-state index in [0.717, 1.165) is 33.2 Å². The standard InChI is InChI=1S/C15H15Cl2N/c1-10-7-12(5-6-14(10)17)15(18)9-11-3-2-4-13(16)8-11/h2-8,15H,9,18H2,1H3. The summed E-state index contributed by atoms with van der Waals surface area (Å²) in [7, 11) is 0. The van der Waals surface area contributed by atoms with Gasteiger partial charge in [-0.1, -0.05) is 47.5 Å². The van der Waals surface area contributed by atoms with E-state index in [9.17, 15) is 0 Å². The molecule has 0 bridgehead atoms. The van der Waals surface area contributed by atoms with Gasteiger partial charge in [0.1, 0.15) is 0 Å². The minimum absolute atomic E-state index is 0.0422. The Morgan fingerprint density at radius 3 is 2.56 bits per heavy atom. The molecular formula is C15H15Cl2N. The average molecular weight is 280 g/mol. The van der Waals surface area contributed by atoms with E-state index in [-0.39, 0.29) is 6.04 Å². The van der Waals surface area contributed by atoms with Crippen LogP contribution in [0.25, 0.3) is 0 Å². The molecule has 1 nitrogen and oxygen atoms in total. The summed E-state index contributed by atoms with van der Waals surface area (Å²) in [5.74, 6) is 0. The Balaban J connectivity index is 2.16. The largest absolute Gasteiger partial charge is 0.324 e. The Hall–Kier alpha value is -1.02. The lowest BCUT2D eigenvalue weighted by Gasteiger charge is -2.13. The van der Waals surface area contributed by atoms with Crippen molar-refractivity contribution in [1.29, 1.82) is 0 Å². The molecule has 0 heterocycles. The molecule has 0 aliphatic rings. The Labute approximate surface area is 118 Å². The number of halogens is 2. The van der Waals surface area contributed by atoms with Gasteiger partial charge in [0, 0.05) is 16.1 Å². The lowest BCUT2D eigenvalue weighted by molar-refractivity contribution is 0.721. The van der Waals surface area contributed by atoms with Crippen molar-refractivity contribution in [3.05, 3.63) is 69.2 Å². The second-order valence-electron chi connectivity index (χ2n) is 4.45. The van der Waals surface area contributed by atoms with Crippen molar-refractivity contribution in [3.63, 3.8) is 0 Å². The molecule has 3 heteroatoms. The van der Waals surface area contributed by atoms with Gasteiger partial charge in [0.15, 0.2) is 0 Å². The fourth-order valence-electron chi connectivity index (χ4n) is 1.93. The molecule has 18 heavy (non-hydrogen) atoms. The van der Waals surface area contributed by atoms with Gasteiger partial charge < -0.3 is 5.73 Å². The van der Waals surface area contributed by atoms with Gasteiger partial charge in [0.05, 0.1) is 0 Å². The molecule has 2 aromatic carbocycles. The van der Waals surface area contributed by atoms with Crippen LogP contribution >= 0.6 is 23.2 Å². The van der Waals surface area contributed by atoms with Crippen molar-refractivity contribution >= 4 is 23.2 Å². The first-order valence-corrected chi connectivity index (χ1v) is 6.58. The Kier molecular flexibility index (Phi) is 4.28. The summed E-state index contributed by atoms with van der Waals surface area (Å²) in [6, 6.07) is 13.7. The lowest BCUT2D eigenvalue weighted by atomic mass is 9.98. The van der Waals surface area contributed by atoms with Crippen LogP contribution in [0.2, 0.25) is 10.0 Å². The smallest absolute Gasteiger partial charge is 0.0435 e. The highest BCUT2D eigenvalue weighted by molar-refractivity contribution is 6.31. The van der Waals surface area contributed by atoms with E-state index in [2.05, 4.69) is 0 Å². The van der Waals surface area contributed by atoms with Gasteiger partial charge in [-0.3, -0.25) is 0 Å². The first kappa shape index (κ1) is 13.4. The Morgan fingerprint density at radius 2 is 1.89 bits per heavy atom. The van der Waals surface area contributed by atoms with E-state index >= 15 is 0 Å². The number of aryl methyl sites for hydroxylation is 1. The van der Waals surface area contributed by atoms with Gasteiger partial charge >= 0.3 is 0 Å². The van der Waals surface area contributed by atoms with Crippen LogP contribution in [0.3, 0.4) is 0 Å². The van der Waals surface area contributed by atoms with Crippen LogP contribution in [0.4, 0.5) is 0 Å². The summed E-state index contributed by atoms with van der Waals surface area (Å²) in [5, 5.41) is 1.51. The van der Waals surface area contributed by atoms with Crippen LogP contribution in [0.15, 0.2) is 42.5 Å². The number of benzene rings is 2. The number of rotatable bonds is 3. The fourth-order valence-corrected chi connectivity index (χ4v) is 2.26. The molecule has 2 aromatic rings. The van der Waals surface area contributed by atoms with Gasteiger partial charge in [-0.2, -0.15) is 0 Å². The monoisotopic (exact) mass is 279 g/mol. The van der Waals surface area contributed by atoms with Gasteiger partial charge in [-0.25, -0.2) is 0 Å². The van der Waals surface area contributed by atoms with Crippen molar-refractivity contribution in [2.45, 2.75) is 19.4 Å². The second kappa shape index (κ2) is 5.75. The van der Waals surface area contributed by atoms with E-state index in [4.69, 9.17) is 28.9 Å². The Morgan fingerprint density at radius 1 is 1.11 bits per heavy atom. The average Bonchev–Trinajstić information content (AvgIpc) is 2.32. The molecule has 0 spiro atoms. The van der Waals surface area contributed by atoms with Crippen LogP contribution in [0.1, 0.15) is 22.7 Å². The fraction of sp³-hybridized carbons (Fsp3) is 0.200. The first-order chi connectivity index (χ1) is 8.56. The zero-order chi connectivity index (χ0) is 13.1. The molecule has 0 aliphatic carbocycles. The number of nitrogens with two attached hydrogens (primary N) is 1. The highest BCUT2D eigenvalue weighted by Gasteiger charge is 2.08. The molecule has 1 atom stereocenters. The molecule has 0 radical (unpaired) electrons. The highest BCUT2D eigenvalue weighted by Crippen LogP contribution is 2.22. The normalized spacial score (nSPS) is 12.4. The van der Waals surface area contributed by atoms with Gasteiger partial charge in [-0.15, -0.1) is 0 Å². The topological polar surface area (TPSA) is 26.0 Å². The molecule has 0 fully saturated rings. The van der Waals surface area contributed by atoms with Crippen molar-refractivity contribution in [3.8, 4) is 0 Å². The predicted molar refractivity (Wildman–Crippen MR) is 78.3 cm³/mol. The van der Waals surface area contributed by atoms with Crippen molar-refractivity contribution in [2.24, 2.45) is 5.73 Å². The summed E-state index contributed by atoms with van der Waals surface area (Å²) >= 11 is 12.0. The molecule has 0 saturated carbocycles. The van der Waals surface area contributed by atoms with Gasteiger partial charge in [0.2, 0.25) is 0 Å². The molecule has 1 unspecified atom stereocenters. The summed E-state index contributed by atoms with van der Waals surface area (Å²) < 4.78 is 0. The van der Waals surface area contributed by atoms with E-state index in [1.807, 2.05) is 49.4 Å². The molecule has 0 saturated heterocycles. The van der Waals surface area contributed by atoms with E-state index in [0.29, 0.717) is 0 Å². The van der Waals surface area contributed by atoms with Crippen LogP contribution in [-0.4, -0.2) is 0 Å². The van der Waals surface area contributed by atoms with Crippen molar-refractivity contribution in [1.82, 2.24) is 0 Å². The van der Waals surface area contributed by atoms with E-state index in [1.54, 1.807) is 0 Å². The maximum absolute atomic E-state index is 6.21. The quantitative estimate of drug-likeness (QED) is 0.877. The van der Waals surface area contributed by atoms with E-state index in [1.165, 1.54) is 0 Å². The molecule has 2 rings (SSSR count). The third-order valence-electron chi connectivity index (χ3n) is 2.95. The molecule has 0 aromatic heterocycles. The minimum atomic E-state index is -0.0422. The van der Waals surface area contributed by atoms with Gasteiger partial charge in [-0.05, 0) is 48.2 Å². The zero-order valence-corrected chi connectivity index (χ0v) is 11.7.